The van der Waals surface area contributed by atoms with Crippen molar-refractivity contribution in [3.8, 4) is 11.8 Å². The van der Waals surface area contributed by atoms with E-state index >= 15 is 0 Å². The van der Waals surface area contributed by atoms with Gasteiger partial charge in [-0.2, -0.15) is 0 Å². The van der Waals surface area contributed by atoms with E-state index in [2.05, 4.69) is 10.2 Å². The Bertz CT molecular complexity index is 1440. The van der Waals surface area contributed by atoms with Crippen LogP contribution in [0.5, 0.6) is 11.8 Å². The molecule has 0 spiro atoms. The largest absolute Gasteiger partial charge is 0.534 e. The molecule has 1 fully saturated rings. The first-order valence-electron chi connectivity index (χ1n) is 19.9. The fourth-order valence-corrected chi connectivity index (χ4v) is 4.88. The third-order valence-corrected chi connectivity index (χ3v) is 8.34. The number of nitrogens with one attached hydrogen (secondary N) is 1. The highest BCUT2D eigenvalue weighted by molar-refractivity contribution is 5.78. The van der Waals surface area contributed by atoms with Gasteiger partial charge in [0.25, 0.3) is 0 Å². The second-order valence-corrected chi connectivity index (χ2v) is 16.9. The van der Waals surface area contributed by atoms with Gasteiger partial charge in [-0.1, -0.05) is 6.42 Å². The maximum atomic E-state index is 13.1. The summed E-state index contributed by atoms with van der Waals surface area (Å²) in [5.41, 5.74) is -2.59. The minimum atomic E-state index is -1.17. The molecule has 0 radical (unpaired) electrons. The molecule has 4 unspecified atom stereocenters. The Morgan fingerprint density at radius 3 is 1.63 bits per heavy atom. The van der Waals surface area contributed by atoms with Crippen LogP contribution in [-0.2, 0) is 61.8 Å². The zero-order valence-corrected chi connectivity index (χ0v) is 36.0. The first-order chi connectivity index (χ1) is 27.6. The molecule has 1 aliphatic rings. The van der Waals surface area contributed by atoms with Gasteiger partial charge in [-0.25, -0.2) is 4.79 Å². The summed E-state index contributed by atoms with van der Waals surface area (Å²) in [7, 11) is 0. The lowest BCUT2D eigenvalue weighted by Crippen LogP contribution is -2.63. The third kappa shape index (κ3) is 19.6. The maximum Gasteiger partial charge on any atom is 0.534 e. The first kappa shape index (κ1) is 51.0. The first-order valence-corrected chi connectivity index (χ1v) is 19.9. The van der Waals surface area contributed by atoms with Crippen LogP contribution in [0.15, 0.2) is 12.1 Å². The second-order valence-electron chi connectivity index (χ2n) is 16.9. The van der Waals surface area contributed by atoms with Crippen LogP contribution in [0.25, 0.3) is 0 Å². The number of aromatic nitrogens is 1. The van der Waals surface area contributed by atoms with Gasteiger partial charge in [0.2, 0.25) is 17.7 Å². The predicted octanol–water partition coefficient (Wildman–Crippen LogP) is 3.48. The number of carbonyl (C=O) groups excluding carboxylic acids is 5. The lowest BCUT2D eigenvalue weighted by molar-refractivity contribution is -0.217. The van der Waals surface area contributed by atoms with Gasteiger partial charge in [-0.3, -0.25) is 24.0 Å². The smallest absolute Gasteiger partial charge is 0.492 e. The van der Waals surface area contributed by atoms with Gasteiger partial charge in [0.15, 0.2) is 12.2 Å². The molecule has 4 atom stereocenters. The number of unbranched alkanes of at least 4 members (excludes halogenated alkanes) is 2. The molecule has 0 saturated carbocycles. The molecule has 1 aromatic rings. The molecule has 1 amide bonds. The number of rotatable bonds is 24. The van der Waals surface area contributed by atoms with Crippen LogP contribution in [0, 0.1) is 16.2 Å². The monoisotopic (exact) mass is 846 g/mol. The van der Waals surface area contributed by atoms with Gasteiger partial charge >= 0.3 is 24.1 Å². The van der Waals surface area contributed by atoms with Crippen molar-refractivity contribution in [2.24, 2.45) is 16.2 Å². The number of hydrogen-bond acceptors (Lipinski definition) is 17. The maximum absolute atomic E-state index is 13.1. The predicted molar refractivity (Wildman–Crippen MR) is 208 cm³/mol. The highest BCUT2D eigenvalue weighted by Crippen LogP contribution is 2.29. The molecule has 0 bridgehead atoms. The van der Waals surface area contributed by atoms with Crippen LogP contribution in [-0.4, -0.2) is 142 Å². The Hall–Kier alpha value is -4.17. The molecular weight excluding hydrogens is 780 g/mol. The molecule has 1 saturated heterocycles. The molecule has 0 aromatic carbocycles. The summed E-state index contributed by atoms with van der Waals surface area (Å²) in [4.78, 5) is 68.1. The molecule has 19 nitrogen and oxygen atoms in total. The number of aromatic hydroxyl groups is 2. The molecule has 1 aromatic heterocycles. The minimum Gasteiger partial charge on any atom is -0.492 e. The van der Waals surface area contributed by atoms with Crippen LogP contribution >= 0.6 is 0 Å². The van der Waals surface area contributed by atoms with E-state index in [0.29, 0.717) is 50.8 Å². The normalized spacial score (nSPS) is 18.5. The molecule has 0 aliphatic carbocycles. The van der Waals surface area contributed by atoms with E-state index in [4.69, 9.17) is 42.6 Å². The van der Waals surface area contributed by atoms with Crippen molar-refractivity contribution in [2.45, 2.75) is 112 Å². The fourth-order valence-electron chi connectivity index (χ4n) is 4.88. The summed E-state index contributed by atoms with van der Waals surface area (Å²) >= 11 is 0. The summed E-state index contributed by atoms with van der Waals surface area (Å²) in [5, 5.41) is 21.8. The number of nitrogens with zero attached hydrogens (tertiary/aromatic N) is 1. The van der Waals surface area contributed by atoms with Gasteiger partial charge in [0, 0.05) is 25.2 Å². The fraction of sp³-hybridized carbons (Fsp3) is 0.775. The van der Waals surface area contributed by atoms with Crippen LogP contribution in [0.3, 0.4) is 0 Å². The number of amides is 1. The van der Waals surface area contributed by atoms with Crippen molar-refractivity contribution in [1.29, 1.82) is 0 Å². The summed E-state index contributed by atoms with van der Waals surface area (Å²) in [6.45, 7) is 17.5. The zero-order valence-electron chi connectivity index (χ0n) is 36.0. The van der Waals surface area contributed by atoms with E-state index < -0.39 is 76.4 Å². The second kappa shape index (κ2) is 24.8. The minimum absolute atomic E-state index is 0.0686. The Labute approximate surface area is 346 Å². The lowest BCUT2D eigenvalue weighted by Gasteiger charge is -2.43. The average molecular weight is 847 g/mol. The summed E-state index contributed by atoms with van der Waals surface area (Å²) in [6.07, 6.45) is -2.13. The standard InChI is InChI=1S/C40H66N2O17/c1-38(2,3)34(46)56-26-28-33(58-36(48)40(7,8)9)32(57-35(47)39(4,5)6)27(25-55-28)41-29(43)13-11-10-12-16-50-17-18-51-19-20-52-21-22-53-23-24-54-37(49)59-42-30(44)14-15-31(42)45/h14-15,27-28,32-33,44-45H,10-13,16-26H2,1-9H3,(H,41,43). The molecule has 19 heteroatoms. The van der Waals surface area contributed by atoms with Gasteiger partial charge in [0.05, 0.1) is 75.1 Å². The van der Waals surface area contributed by atoms with E-state index in [-0.39, 0.29) is 45.4 Å². The Balaban J connectivity index is 1.65. The highest BCUT2D eigenvalue weighted by Gasteiger charge is 2.48. The quantitative estimate of drug-likeness (QED) is 0.0767. The Morgan fingerprint density at radius 2 is 1.12 bits per heavy atom. The molecule has 338 valence electrons. The van der Waals surface area contributed by atoms with Gasteiger partial charge in [-0.15, -0.1) is 4.73 Å². The van der Waals surface area contributed by atoms with Gasteiger partial charge in [0.1, 0.15) is 19.3 Å². The topological polar surface area (TPSA) is 235 Å². The van der Waals surface area contributed by atoms with Crippen molar-refractivity contribution in [2.75, 3.05) is 72.7 Å². The Morgan fingerprint density at radius 1 is 0.644 bits per heavy atom. The van der Waals surface area contributed by atoms with E-state index in [1.165, 1.54) is 0 Å². The zero-order chi connectivity index (χ0) is 44.2. The van der Waals surface area contributed by atoms with Gasteiger partial charge < -0.3 is 58.2 Å². The molecule has 1 aliphatic heterocycles. The Kier molecular flexibility index (Phi) is 21.4. The third-order valence-electron chi connectivity index (χ3n) is 8.34. The van der Waals surface area contributed by atoms with Crippen LogP contribution < -0.4 is 10.2 Å². The summed E-state index contributed by atoms with van der Waals surface area (Å²) in [6, 6.07) is 1.45. The van der Waals surface area contributed by atoms with Crippen LogP contribution in [0.4, 0.5) is 4.79 Å². The average Bonchev–Trinajstić information content (AvgIpc) is 3.45. The number of hydrogen-bond donors (Lipinski definition) is 3. The SMILES string of the molecule is CC(C)(C)C(=O)OCC1OCC(NC(=O)CCCCCOCCOCCOCCOCCOC(=O)On2c(O)ccc2O)C(OC(=O)C(C)(C)C)C1OC(=O)C(C)(C)C. The van der Waals surface area contributed by atoms with Crippen molar-refractivity contribution >= 4 is 30.0 Å². The van der Waals surface area contributed by atoms with Crippen molar-refractivity contribution in [1.82, 2.24) is 10.0 Å². The lowest BCUT2D eigenvalue weighted by atomic mass is 9.93. The van der Waals surface area contributed by atoms with Gasteiger partial charge in [-0.05, 0) is 75.2 Å². The molecule has 3 N–H and O–H groups in total. The van der Waals surface area contributed by atoms with Crippen molar-refractivity contribution in [3.05, 3.63) is 12.1 Å². The van der Waals surface area contributed by atoms with E-state index in [1.807, 2.05) is 0 Å². The summed E-state index contributed by atoms with van der Waals surface area (Å²) < 4.78 is 50.5. The van der Waals surface area contributed by atoms with E-state index in [1.54, 1.807) is 62.3 Å². The van der Waals surface area contributed by atoms with E-state index in [0.717, 1.165) is 25.0 Å². The molecule has 2 heterocycles. The molecular formula is C40H66N2O17. The van der Waals surface area contributed by atoms with Crippen molar-refractivity contribution < 1.29 is 81.7 Å². The molecule has 59 heavy (non-hydrogen) atoms. The number of ether oxygens (including phenoxy) is 9. The molecule has 2 rings (SSSR count). The summed E-state index contributed by atoms with van der Waals surface area (Å²) in [5.74, 6) is -2.82. The van der Waals surface area contributed by atoms with Crippen LogP contribution in [0.1, 0.15) is 88.0 Å². The number of esters is 3. The van der Waals surface area contributed by atoms with Crippen molar-refractivity contribution in [3.63, 3.8) is 0 Å². The van der Waals surface area contributed by atoms with Crippen LogP contribution in [0.2, 0.25) is 0 Å². The number of carbonyl (C=O) groups is 5. The highest BCUT2D eigenvalue weighted by atomic mass is 16.8. The van der Waals surface area contributed by atoms with E-state index in [9.17, 15) is 34.2 Å².